The Labute approximate surface area is 326 Å². The topological polar surface area (TPSA) is 252 Å². The van der Waals surface area contributed by atoms with E-state index in [2.05, 4.69) is 36.1 Å². The first kappa shape index (κ1) is 48.4. The molecule has 0 aliphatic carbocycles. The highest BCUT2D eigenvalue weighted by Gasteiger charge is 2.28. The first-order valence-corrected chi connectivity index (χ1v) is 18.0. The van der Waals surface area contributed by atoms with Gasteiger partial charge in [0.15, 0.2) is 6.61 Å². The van der Waals surface area contributed by atoms with Crippen LogP contribution in [0.25, 0.3) is 0 Å². The predicted molar refractivity (Wildman–Crippen MR) is 199 cm³/mol. The van der Waals surface area contributed by atoms with E-state index in [0.29, 0.717) is 30.6 Å². The van der Waals surface area contributed by atoms with Crippen molar-refractivity contribution in [2.24, 2.45) is 0 Å². The van der Waals surface area contributed by atoms with Crippen LogP contribution in [-0.2, 0) is 58.9 Å². The minimum Gasteiger partial charge on any atom is -0.484 e. The molecule has 3 atom stereocenters. The van der Waals surface area contributed by atoms with Crippen LogP contribution in [0.3, 0.4) is 0 Å². The van der Waals surface area contributed by atoms with E-state index in [1.165, 1.54) is 7.11 Å². The minimum atomic E-state index is -1.11. The normalized spacial score (nSPS) is 12.6. The minimum absolute atomic E-state index is 0.0482. The maximum atomic E-state index is 12.9. The SMILES string of the molecule is COC(=O)CC[C@H](NC(=O)N[C@@H](CCCCNC(=O)COc1ccc(C[C@H](NC(=O)CNC(=O)OC(C)(C)C)C(=O)OC(C)(C)C)cc1)COC=O)C(=O)OC. The molecule has 5 N–H and O–H groups in total. The van der Waals surface area contributed by atoms with Crippen LogP contribution in [0.1, 0.15) is 79.2 Å². The summed E-state index contributed by atoms with van der Waals surface area (Å²) in [6.07, 6.45) is 0.512. The summed E-state index contributed by atoms with van der Waals surface area (Å²) in [5, 5.41) is 12.8. The van der Waals surface area contributed by atoms with Crippen LogP contribution in [0.2, 0.25) is 0 Å². The number of carbonyl (C=O) groups is 8. The maximum absolute atomic E-state index is 12.9. The number of hydrogen-bond donors (Lipinski definition) is 5. The molecule has 0 saturated carbocycles. The summed E-state index contributed by atoms with van der Waals surface area (Å²) in [4.78, 5) is 96.7. The first-order valence-electron chi connectivity index (χ1n) is 18.0. The number of nitrogens with one attached hydrogen (secondary N) is 5. The monoisotopic (exact) mass is 795 g/mol. The second-order valence-corrected chi connectivity index (χ2v) is 14.4. The number of esters is 3. The van der Waals surface area contributed by atoms with Gasteiger partial charge in [0.05, 0.1) is 20.3 Å². The van der Waals surface area contributed by atoms with Crippen LogP contribution < -0.4 is 31.3 Å². The zero-order valence-corrected chi connectivity index (χ0v) is 33.4. The smallest absolute Gasteiger partial charge is 0.408 e. The van der Waals surface area contributed by atoms with E-state index in [-0.39, 0.29) is 51.4 Å². The summed E-state index contributed by atoms with van der Waals surface area (Å²) in [6, 6.07) is 3.04. The average molecular weight is 796 g/mol. The van der Waals surface area contributed by atoms with E-state index in [1.807, 2.05) is 0 Å². The third-order valence-electron chi connectivity index (χ3n) is 7.21. The first-order chi connectivity index (χ1) is 26.2. The molecule has 56 heavy (non-hydrogen) atoms. The van der Waals surface area contributed by atoms with Crippen molar-refractivity contribution in [1.29, 1.82) is 0 Å². The highest BCUT2D eigenvalue weighted by atomic mass is 16.6. The van der Waals surface area contributed by atoms with Crippen LogP contribution >= 0.6 is 0 Å². The largest absolute Gasteiger partial charge is 0.484 e. The molecule has 1 rings (SSSR count). The number of urea groups is 1. The lowest BCUT2D eigenvalue weighted by molar-refractivity contribution is -0.158. The second kappa shape index (κ2) is 24.7. The molecule has 19 heteroatoms. The standard InChI is InChI=1S/C37H57N5O14/c1-36(2,3)55-33(48)28(41-29(44)20-39-35(50)56-37(4,5)6)19-24-12-14-26(15-13-24)54-22-30(45)38-18-10-9-11-25(21-53-23-43)40-34(49)42-27(32(47)52-8)16-17-31(46)51-7/h12-15,23,25,27-28H,9-11,16-22H2,1-8H3,(H,38,45)(H,39,50)(H,41,44)(H2,40,42,49)/t25-,27-,28-/m0/s1. The molecule has 0 aliphatic heterocycles. The fourth-order valence-electron chi connectivity index (χ4n) is 4.67. The van der Waals surface area contributed by atoms with Gasteiger partial charge in [0, 0.05) is 19.4 Å². The van der Waals surface area contributed by atoms with Gasteiger partial charge in [-0.2, -0.15) is 0 Å². The van der Waals surface area contributed by atoms with Crippen molar-refractivity contribution in [3.05, 3.63) is 29.8 Å². The van der Waals surface area contributed by atoms with Gasteiger partial charge in [0.1, 0.15) is 42.2 Å². The van der Waals surface area contributed by atoms with Gasteiger partial charge in [0.25, 0.3) is 12.4 Å². The van der Waals surface area contributed by atoms with E-state index in [1.54, 1.807) is 65.8 Å². The Morgan fingerprint density at radius 1 is 0.732 bits per heavy atom. The summed E-state index contributed by atoms with van der Waals surface area (Å²) < 4.78 is 30.3. The molecule has 0 saturated heterocycles. The lowest BCUT2D eigenvalue weighted by Crippen LogP contribution is -2.50. The molecule has 0 radical (unpaired) electrons. The highest BCUT2D eigenvalue weighted by Crippen LogP contribution is 2.16. The van der Waals surface area contributed by atoms with Gasteiger partial charge in [-0.3, -0.25) is 19.2 Å². The van der Waals surface area contributed by atoms with Gasteiger partial charge in [-0.05, 0) is 84.9 Å². The summed E-state index contributed by atoms with van der Waals surface area (Å²) in [6.45, 7) is 9.85. The molecule has 0 aliphatic rings. The van der Waals surface area contributed by atoms with Gasteiger partial charge in [-0.15, -0.1) is 0 Å². The molecule has 0 bridgehead atoms. The molecule has 314 valence electrons. The van der Waals surface area contributed by atoms with Crippen LogP contribution in [0.4, 0.5) is 9.59 Å². The third kappa shape index (κ3) is 22.6. The fraction of sp³-hybridized carbons (Fsp3) is 0.622. The lowest BCUT2D eigenvalue weighted by atomic mass is 10.1. The third-order valence-corrected chi connectivity index (χ3v) is 7.21. The summed E-state index contributed by atoms with van der Waals surface area (Å²) in [7, 11) is 2.35. The van der Waals surface area contributed by atoms with E-state index < -0.39 is 71.8 Å². The lowest BCUT2D eigenvalue weighted by Gasteiger charge is -2.25. The van der Waals surface area contributed by atoms with E-state index in [0.717, 1.165) is 7.11 Å². The Hall–Kier alpha value is -5.62. The van der Waals surface area contributed by atoms with Crippen molar-refractivity contribution < 1.29 is 66.8 Å². The quantitative estimate of drug-likeness (QED) is 0.0457. The zero-order valence-electron chi connectivity index (χ0n) is 33.4. The number of hydrogen-bond acceptors (Lipinski definition) is 14. The Kier molecular flexibility index (Phi) is 21.4. The predicted octanol–water partition coefficient (Wildman–Crippen LogP) is 1.58. The number of alkyl carbamates (subject to hydrolysis) is 1. The molecular formula is C37H57N5O14. The Morgan fingerprint density at radius 3 is 1.98 bits per heavy atom. The Morgan fingerprint density at radius 2 is 1.39 bits per heavy atom. The van der Waals surface area contributed by atoms with Crippen molar-refractivity contribution in [3.63, 3.8) is 0 Å². The second-order valence-electron chi connectivity index (χ2n) is 14.4. The Balaban J connectivity index is 2.61. The maximum Gasteiger partial charge on any atom is 0.408 e. The summed E-state index contributed by atoms with van der Waals surface area (Å²) in [5.41, 5.74) is -0.909. The van der Waals surface area contributed by atoms with Gasteiger partial charge in [-0.1, -0.05) is 12.1 Å². The fourth-order valence-corrected chi connectivity index (χ4v) is 4.67. The number of carbonyl (C=O) groups excluding carboxylic acids is 8. The molecule has 19 nitrogen and oxygen atoms in total. The summed E-state index contributed by atoms with van der Waals surface area (Å²) in [5.74, 6) is -2.60. The molecule has 0 aromatic heterocycles. The van der Waals surface area contributed by atoms with Crippen LogP contribution in [0.15, 0.2) is 24.3 Å². The van der Waals surface area contributed by atoms with Crippen LogP contribution in [0.5, 0.6) is 5.75 Å². The van der Waals surface area contributed by atoms with Crippen molar-refractivity contribution in [3.8, 4) is 5.75 Å². The molecule has 1 aromatic carbocycles. The van der Waals surface area contributed by atoms with Gasteiger partial charge < -0.3 is 55.0 Å². The zero-order chi connectivity index (χ0) is 42.3. The van der Waals surface area contributed by atoms with E-state index >= 15 is 0 Å². The Bertz CT molecular complexity index is 1460. The number of unbranched alkanes of at least 4 members (excludes halogenated alkanes) is 1. The van der Waals surface area contributed by atoms with Crippen molar-refractivity contribution in [2.45, 2.75) is 109 Å². The average Bonchev–Trinajstić information content (AvgIpc) is 3.11. The molecule has 0 heterocycles. The molecule has 0 fully saturated rings. The number of ether oxygens (including phenoxy) is 6. The van der Waals surface area contributed by atoms with Crippen molar-refractivity contribution in [1.82, 2.24) is 26.6 Å². The summed E-state index contributed by atoms with van der Waals surface area (Å²) >= 11 is 0. The number of amides is 5. The molecule has 1 aromatic rings. The highest BCUT2D eigenvalue weighted by molar-refractivity contribution is 5.87. The van der Waals surface area contributed by atoms with Gasteiger partial charge >= 0.3 is 30.0 Å². The van der Waals surface area contributed by atoms with Crippen LogP contribution in [0, 0.1) is 0 Å². The number of rotatable bonds is 23. The van der Waals surface area contributed by atoms with E-state index in [4.69, 9.17) is 18.9 Å². The van der Waals surface area contributed by atoms with Crippen molar-refractivity contribution >= 4 is 48.3 Å². The number of methoxy groups -OCH3 is 2. The number of benzene rings is 1. The van der Waals surface area contributed by atoms with Crippen LogP contribution in [-0.4, -0.2) is 118 Å². The molecule has 0 unspecified atom stereocenters. The molecule has 5 amide bonds. The van der Waals surface area contributed by atoms with Crippen molar-refractivity contribution in [2.75, 3.05) is 40.5 Å². The van der Waals surface area contributed by atoms with Gasteiger partial charge in [-0.25, -0.2) is 19.2 Å². The molecular weight excluding hydrogens is 738 g/mol. The van der Waals surface area contributed by atoms with Gasteiger partial charge in [0.2, 0.25) is 5.91 Å². The van der Waals surface area contributed by atoms with E-state index in [9.17, 15) is 38.4 Å². The molecule has 0 spiro atoms.